The van der Waals surface area contributed by atoms with Gasteiger partial charge in [-0.15, -0.1) is 0 Å². The molecule has 1 N–H and O–H groups in total. The highest BCUT2D eigenvalue weighted by Gasteiger charge is 2.25. The van der Waals surface area contributed by atoms with Crippen LogP contribution in [0.5, 0.6) is 0 Å². The summed E-state index contributed by atoms with van der Waals surface area (Å²) in [6.07, 6.45) is 0.360. The highest BCUT2D eigenvalue weighted by molar-refractivity contribution is 5.99. The zero-order chi connectivity index (χ0) is 16.4. The minimum Gasteiger partial charge on any atom is -0.400 e. The van der Waals surface area contributed by atoms with E-state index in [1.807, 2.05) is 0 Å². The Morgan fingerprint density at radius 1 is 1.22 bits per heavy atom. The van der Waals surface area contributed by atoms with Gasteiger partial charge in [0.05, 0.1) is 0 Å². The van der Waals surface area contributed by atoms with E-state index in [-0.39, 0.29) is 11.8 Å². The van der Waals surface area contributed by atoms with Crippen molar-refractivity contribution in [1.29, 1.82) is 0 Å². The summed E-state index contributed by atoms with van der Waals surface area (Å²) in [5.41, 5.74) is 2.08. The molecule has 23 heavy (non-hydrogen) atoms. The van der Waals surface area contributed by atoms with E-state index in [0.717, 1.165) is 0 Å². The summed E-state index contributed by atoms with van der Waals surface area (Å²) in [5.74, 6) is -0.418. The summed E-state index contributed by atoms with van der Waals surface area (Å²) in [7, 11) is 0. The molecule has 0 unspecified atom stereocenters. The number of anilines is 1. The predicted molar refractivity (Wildman–Crippen MR) is 87.2 cm³/mol. The number of hydrogen-bond donors (Lipinski definition) is 1. The van der Waals surface area contributed by atoms with Crippen LogP contribution in [0.2, 0.25) is 0 Å². The van der Waals surface area contributed by atoms with Crippen LogP contribution in [-0.2, 0) is 4.79 Å². The van der Waals surface area contributed by atoms with Gasteiger partial charge in [-0.2, -0.15) is 0 Å². The standard InChI is InChI=1S/C17H14N2O4/c1-2-15(20)18-12-7-5-6-11(10-12)16-13-8-3-4-9-14(13)23-17(16)19(21)22/h3-10H,2H2,1H3,(H,18,20). The summed E-state index contributed by atoms with van der Waals surface area (Å²) >= 11 is 0. The molecule has 2 aromatic carbocycles. The van der Waals surface area contributed by atoms with Gasteiger partial charge in [-0.3, -0.25) is 14.9 Å². The lowest BCUT2D eigenvalue weighted by molar-refractivity contribution is -0.400. The van der Waals surface area contributed by atoms with E-state index >= 15 is 0 Å². The zero-order valence-corrected chi connectivity index (χ0v) is 12.4. The first-order valence-corrected chi connectivity index (χ1v) is 7.16. The molecule has 0 spiro atoms. The normalized spacial score (nSPS) is 10.7. The molecule has 0 aliphatic rings. The average Bonchev–Trinajstić information content (AvgIpc) is 2.94. The monoisotopic (exact) mass is 310 g/mol. The molecule has 6 nitrogen and oxygen atoms in total. The summed E-state index contributed by atoms with van der Waals surface area (Å²) < 4.78 is 5.37. The number of rotatable bonds is 4. The van der Waals surface area contributed by atoms with Crippen molar-refractivity contribution in [2.45, 2.75) is 13.3 Å². The minimum absolute atomic E-state index is 0.117. The van der Waals surface area contributed by atoms with E-state index in [4.69, 9.17) is 4.42 Å². The van der Waals surface area contributed by atoms with Gasteiger partial charge in [0.2, 0.25) is 5.91 Å². The molecule has 0 aliphatic carbocycles. The number of hydrogen-bond acceptors (Lipinski definition) is 4. The fourth-order valence-corrected chi connectivity index (χ4v) is 2.44. The second-order valence-corrected chi connectivity index (χ2v) is 5.02. The Balaban J connectivity index is 2.16. The Morgan fingerprint density at radius 3 is 2.74 bits per heavy atom. The molecule has 1 heterocycles. The van der Waals surface area contributed by atoms with Crippen LogP contribution < -0.4 is 5.32 Å². The number of para-hydroxylation sites is 1. The van der Waals surface area contributed by atoms with Gasteiger partial charge >= 0.3 is 5.88 Å². The van der Waals surface area contributed by atoms with Gasteiger partial charge in [-0.05, 0) is 23.8 Å². The Bertz CT molecular complexity index is 898. The Labute approximate surface area is 131 Å². The number of nitro groups is 1. The van der Waals surface area contributed by atoms with Crippen LogP contribution in [-0.4, -0.2) is 10.8 Å². The van der Waals surface area contributed by atoms with E-state index in [1.54, 1.807) is 55.5 Å². The van der Waals surface area contributed by atoms with Gasteiger partial charge in [-0.1, -0.05) is 37.3 Å². The number of fused-ring (bicyclic) bond motifs is 1. The maximum atomic E-state index is 11.5. The van der Waals surface area contributed by atoms with Crippen molar-refractivity contribution in [3.63, 3.8) is 0 Å². The fraction of sp³-hybridized carbons (Fsp3) is 0.118. The van der Waals surface area contributed by atoms with Crippen LogP contribution in [0.1, 0.15) is 13.3 Å². The van der Waals surface area contributed by atoms with Gasteiger partial charge in [0, 0.05) is 17.5 Å². The predicted octanol–water partition coefficient (Wildman–Crippen LogP) is 4.36. The van der Waals surface area contributed by atoms with Crippen LogP contribution >= 0.6 is 0 Å². The van der Waals surface area contributed by atoms with Crippen molar-refractivity contribution < 1.29 is 14.1 Å². The molecule has 0 aliphatic heterocycles. The van der Waals surface area contributed by atoms with Gasteiger partial charge in [-0.25, -0.2) is 0 Å². The smallest absolute Gasteiger partial charge is 0.400 e. The zero-order valence-electron chi connectivity index (χ0n) is 12.4. The maximum absolute atomic E-state index is 11.5. The Kier molecular flexibility index (Phi) is 3.80. The Morgan fingerprint density at radius 2 is 2.00 bits per heavy atom. The topological polar surface area (TPSA) is 85.4 Å². The number of furan rings is 1. The molecule has 1 amide bonds. The second-order valence-electron chi connectivity index (χ2n) is 5.02. The molecule has 0 saturated carbocycles. The first kappa shape index (κ1) is 14.8. The van der Waals surface area contributed by atoms with Crippen molar-refractivity contribution in [3.8, 4) is 11.1 Å². The number of nitrogens with zero attached hydrogens (tertiary/aromatic N) is 1. The molecule has 0 fully saturated rings. The third-order valence-corrected chi connectivity index (χ3v) is 3.50. The molecule has 6 heteroatoms. The van der Waals surface area contributed by atoms with E-state index in [0.29, 0.717) is 34.2 Å². The van der Waals surface area contributed by atoms with E-state index in [2.05, 4.69) is 5.32 Å². The highest BCUT2D eigenvalue weighted by Crippen LogP contribution is 2.40. The average molecular weight is 310 g/mol. The molecule has 0 saturated heterocycles. The number of benzene rings is 2. The van der Waals surface area contributed by atoms with E-state index in [1.165, 1.54) is 0 Å². The summed E-state index contributed by atoms with van der Waals surface area (Å²) in [6.45, 7) is 1.76. The van der Waals surface area contributed by atoms with Crippen LogP contribution in [0.15, 0.2) is 52.9 Å². The Hall–Kier alpha value is -3.15. The molecular formula is C17H14N2O4. The van der Waals surface area contributed by atoms with Crippen molar-refractivity contribution in [1.82, 2.24) is 0 Å². The van der Waals surface area contributed by atoms with Crippen molar-refractivity contribution >= 4 is 28.4 Å². The lowest BCUT2D eigenvalue weighted by atomic mass is 10.0. The van der Waals surface area contributed by atoms with Gasteiger partial charge < -0.3 is 9.73 Å². The summed E-state index contributed by atoms with van der Waals surface area (Å²) in [4.78, 5) is 22.3. The second kappa shape index (κ2) is 5.92. The van der Waals surface area contributed by atoms with Crippen LogP contribution in [0.25, 0.3) is 22.1 Å². The summed E-state index contributed by atoms with van der Waals surface area (Å²) in [6, 6.07) is 14.0. The van der Waals surface area contributed by atoms with Crippen molar-refractivity contribution in [3.05, 3.63) is 58.6 Å². The van der Waals surface area contributed by atoms with Gasteiger partial charge in [0.25, 0.3) is 0 Å². The molecule has 0 bridgehead atoms. The van der Waals surface area contributed by atoms with E-state index in [9.17, 15) is 14.9 Å². The minimum atomic E-state index is -0.535. The number of carbonyl (C=O) groups is 1. The maximum Gasteiger partial charge on any atom is 0.442 e. The first-order chi connectivity index (χ1) is 11.1. The third-order valence-electron chi connectivity index (χ3n) is 3.50. The molecule has 1 aromatic heterocycles. The lowest BCUT2D eigenvalue weighted by Crippen LogP contribution is -2.09. The van der Waals surface area contributed by atoms with Crippen molar-refractivity contribution in [2.24, 2.45) is 0 Å². The van der Waals surface area contributed by atoms with Crippen molar-refractivity contribution in [2.75, 3.05) is 5.32 Å². The largest absolute Gasteiger partial charge is 0.442 e. The molecule has 116 valence electrons. The fourth-order valence-electron chi connectivity index (χ4n) is 2.44. The quantitative estimate of drug-likeness (QED) is 0.573. The molecule has 3 rings (SSSR count). The number of nitrogens with one attached hydrogen (secondary N) is 1. The lowest BCUT2D eigenvalue weighted by Gasteiger charge is -2.05. The highest BCUT2D eigenvalue weighted by atomic mass is 16.6. The first-order valence-electron chi connectivity index (χ1n) is 7.16. The number of carbonyl (C=O) groups excluding carboxylic acids is 1. The summed E-state index contributed by atoms with van der Waals surface area (Å²) in [5, 5.41) is 14.7. The molecule has 0 radical (unpaired) electrons. The van der Waals surface area contributed by atoms with Gasteiger partial charge in [0.1, 0.15) is 16.1 Å². The molecule has 3 aromatic rings. The third kappa shape index (κ3) is 2.78. The molecule has 0 atom stereocenters. The van der Waals surface area contributed by atoms with Gasteiger partial charge in [0.15, 0.2) is 0 Å². The van der Waals surface area contributed by atoms with E-state index < -0.39 is 4.92 Å². The van der Waals surface area contributed by atoms with Crippen LogP contribution in [0.3, 0.4) is 0 Å². The number of amides is 1. The van der Waals surface area contributed by atoms with Crippen LogP contribution in [0.4, 0.5) is 11.6 Å². The SMILES string of the molecule is CCC(=O)Nc1cccc(-c2c([N+](=O)[O-])oc3ccccc23)c1. The van der Waals surface area contributed by atoms with Crippen LogP contribution in [0, 0.1) is 10.1 Å². The molecular weight excluding hydrogens is 296 g/mol.